The fraction of sp³-hybridized carbons (Fsp3) is 0.167. The Morgan fingerprint density at radius 2 is 2.07 bits per heavy atom. The SMILES string of the molecule is Cc1ccc(Br)cc1-c1ccc(CN)o1. The van der Waals surface area contributed by atoms with Crippen molar-refractivity contribution in [2.24, 2.45) is 5.73 Å². The molecule has 1 aromatic heterocycles. The molecule has 1 aromatic carbocycles. The van der Waals surface area contributed by atoms with Crippen LogP contribution in [0.15, 0.2) is 39.2 Å². The molecule has 2 rings (SSSR count). The summed E-state index contributed by atoms with van der Waals surface area (Å²) in [5.74, 6) is 1.68. The average molecular weight is 266 g/mol. The van der Waals surface area contributed by atoms with Gasteiger partial charge in [0.05, 0.1) is 6.54 Å². The zero-order valence-electron chi connectivity index (χ0n) is 8.46. The van der Waals surface area contributed by atoms with E-state index in [2.05, 4.69) is 35.0 Å². The topological polar surface area (TPSA) is 39.2 Å². The number of nitrogens with two attached hydrogens (primary N) is 1. The van der Waals surface area contributed by atoms with Gasteiger partial charge in [-0.25, -0.2) is 0 Å². The van der Waals surface area contributed by atoms with Gasteiger partial charge in [-0.1, -0.05) is 22.0 Å². The third-order valence-electron chi connectivity index (χ3n) is 2.33. The first-order valence-corrected chi connectivity index (χ1v) is 5.55. The molecule has 0 fully saturated rings. The van der Waals surface area contributed by atoms with Crippen LogP contribution in [0.3, 0.4) is 0 Å². The van der Waals surface area contributed by atoms with E-state index in [4.69, 9.17) is 10.2 Å². The van der Waals surface area contributed by atoms with E-state index in [0.717, 1.165) is 21.6 Å². The first-order valence-electron chi connectivity index (χ1n) is 4.76. The van der Waals surface area contributed by atoms with Crippen molar-refractivity contribution in [1.82, 2.24) is 0 Å². The van der Waals surface area contributed by atoms with Crippen molar-refractivity contribution in [3.8, 4) is 11.3 Å². The van der Waals surface area contributed by atoms with Gasteiger partial charge in [-0.15, -0.1) is 0 Å². The van der Waals surface area contributed by atoms with Gasteiger partial charge in [0.1, 0.15) is 11.5 Å². The Morgan fingerprint density at radius 1 is 1.27 bits per heavy atom. The molecule has 0 saturated heterocycles. The Labute approximate surface area is 97.2 Å². The molecular weight excluding hydrogens is 254 g/mol. The average Bonchev–Trinajstić information content (AvgIpc) is 2.70. The molecule has 0 bridgehead atoms. The van der Waals surface area contributed by atoms with Crippen LogP contribution in [0, 0.1) is 6.92 Å². The summed E-state index contributed by atoms with van der Waals surface area (Å²) in [4.78, 5) is 0. The number of aryl methyl sites for hydroxylation is 1. The van der Waals surface area contributed by atoms with Crippen LogP contribution in [0.25, 0.3) is 11.3 Å². The third kappa shape index (κ3) is 2.13. The molecule has 0 unspecified atom stereocenters. The maximum absolute atomic E-state index is 5.61. The quantitative estimate of drug-likeness (QED) is 0.903. The molecule has 0 spiro atoms. The van der Waals surface area contributed by atoms with Crippen LogP contribution in [0.2, 0.25) is 0 Å². The number of furan rings is 1. The second-order valence-electron chi connectivity index (χ2n) is 3.43. The number of rotatable bonds is 2. The third-order valence-corrected chi connectivity index (χ3v) is 2.82. The van der Waals surface area contributed by atoms with Gasteiger partial charge in [-0.3, -0.25) is 0 Å². The minimum Gasteiger partial charge on any atom is -0.460 e. The van der Waals surface area contributed by atoms with Crippen LogP contribution in [0.4, 0.5) is 0 Å². The van der Waals surface area contributed by atoms with Gasteiger partial charge in [0, 0.05) is 10.0 Å². The van der Waals surface area contributed by atoms with Gasteiger partial charge in [-0.05, 0) is 36.8 Å². The molecule has 0 radical (unpaired) electrons. The number of hydrogen-bond donors (Lipinski definition) is 1. The maximum Gasteiger partial charge on any atom is 0.134 e. The Balaban J connectivity index is 2.48. The molecule has 15 heavy (non-hydrogen) atoms. The molecular formula is C12H12BrNO. The molecule has 3 heteroatoms. The maximum atomic E-state index is 5.61. The molecule has 2 N–H and O–H groups in total. The van der Waals surface area contributed by atoms with E-state index in [1.807, 2.05) is 18.2 Å². The van der Waals surface area contributed by atoms with Crippen LogP contribution >= 0.6 is 15.9 Å². The van der Waals surface area contributed by atoms with Crippen molar-refractivity contribution in [3.63, 3.8) is 0 Å². The van der Waals surface area contributed by atoms with Crippen LogP contribution < -0.4 is 5.73 Å². The lowest BCUT2D eigenvalue weighted by Crippen LogP contribution is -1.92. The smallest absolute Gasteiger partial charge is 0.134 e. The van der Waals surface area contributed by atoms with Crippen LogP contribution in [-0.2, 0) is 6.54 Å². The number of halogens is 1. The number of benzene rings is 1. The summed E-state index contributed by atoms with van der Waals surface area (Å²) in [6.07, 6.45) is 0. The summed E-state index contributed by atoms with van der Waals surface area (Å²) >= 11 is 3.45. The van der Waals surface area contributed by atoms with Gasteiger partial charge < -0.3 is 10.2 Å². The van der Waals surface area contributed by atoms with Gasteiger partial charge in [0.25, 0.3) is 0 Å². The predicted octanol–water partition coefficient (Wildman–Crippen LogP) is 3.48. The molecule has 2 nitrogen and oxygen atoms in total. The second kappa shape index (κ2) is 4.21. The molecule has 0 amide bonds. The van der Waals surface area contributed by atoms with E-state index in [0.29, 0.717) is 6.54 Å². The molecule has 78 valence electrons. The van der Waals surface area contributed by atoms with E-state index in [-0.39, 0.29) is 0 Å². The van der Waals surface area contributed by atoms with Crippen molar-refractivity contribution in [3.05, 3.63) is 46.1 Å². The lowest BCUT2D eigenvalue weighted by molar-refractivity contribution is 0.525. The van der Waals surface area contributed by atoms with Crippen molar-refractivity contribution in [1.29, 1.82) is 0 Å². The molecule has 1 heterocycles. The zero-order chi connectivity index (χ0) is 10.8. The summed E-state index contributed by atoms with van der Waals surface area (Å²) in [6, 6.07) is 10.00. The second-order valence-corrected chi connectivity index (χ2v) is 4.35. The van der Waals surface area contributed by atoms with E-state index < -0.39 is 0 Å². The van der Waals surface area contributed by atoms with Gasteiger partial charge in [-0.2, -0.15) is 0 Å². The van der Waals surface area contributed by atoms with Crippen molar-refractivity contribution >= 4 is 15.9 Å². The normalized spacial score (nSPS) is 10.6. The van der Waals surface area contributed by atoms with Gasteiger partial charge >= 0.3 is 0 Å². The highest BCUT2D eigenvalue weighted by molar-refractivity contribution is 9.10. The van der Waals surface area contributed by atoms with E-state index in [1.54, 1.807) is 0 Å². The Hall–Kier alpha value is -1.06. The fourth-order valence-corrected chi connectivity index (χ4v) is 1.85. The fourth-order valence-electron chi connectivity index (χ4n) is 1.49. The largest absolute Gasteiger partial charge is 0.460 e. The first-order chi connectivity index (χ1) is 7.20. The molecule has 0 atom stereocenters. The summed E-state index contributed by atoms with van der Waals surface area (Å²) in [6.45, 7) is 2.50. The Bertz CT molecular complexity index is 476. The van der Waals surface area contributed by atoms with Crippen LogP contribution in [0.1, 0.15) is 11.3 Å². The summed E-state index contributed by atoms with van der Waals surface area (Å²) in [7, 11) is 0. The summed E-state index contributed by atoms with van der Waals surface area (Å²) in [5, 5.41) is 0. The van der Waals surface area contributed by atoms with E-state index in [1.165, 1.54) is 5.56 Å². The highest BCUT2D eigenvalue weighted by Crippen LogP contribution is 2.28. The monoisotopic (exact) mass is 265 g/mol. The zero-order valence-corrected chi connectivity index (χ0v) is 10.0. The highest BCUT2D eigenvalue weighted by Gasteiger charge is 2.07. The van der Waals surface area contributed by atoms with Gasteiger partial charge in [0.15, 0.2) is 0 Å². The van der Waals surface area contributed by atoms with Crippen molar-refractivity contribution in [2.75, 3.05) is 0 Å². The molecule has 2 aromatic rings. The summed E-state index contributed by atoms with van der Waals surface area (Å²) in [5.41, 5.74) is 7.80. The van der Waals surface area contributed by atoms with Gasteiger partial charge in [0.2, 0.25) is 0 Å². The minimum atomic E-state index is 0.438. The Kier molecular flexibility index (Phi) is 2.93. The van der Waals surface area contributed by atoms with E-state index in [9.17, 15) is 0 Å². The molecule has 0 aliphatic heterocycles. The van der Waals surface area contributed by atoms with E-state index >= 15 is 0 Å². The first kappa shape index (κ1) is 10.5. The highest BCUT2D eigenvalue weighted by atomic mass is 79.9. The van der Waals surface area contributed by atoms with Crippen molar-refractivity contribution < 1.29 is 4.42 Å². The molecule has 0 aliphatic carbocycles. The predicted molar refractivity (Wildman–Crippen MR) is 64.5 cm³/mol. The lowest BCUT2D eigenvalue weighted by Gasteiger charge is -2.02. The standard InChI is InChI=1S/C12H12BrNO/c1-8-2-3-9(13)6-11(8)12-5-4-10(7-14)15-12/h2-6H,7,14H2,1H3. The van der Waals surface area contributed by atoms with Crippen LogP contribution in [-0.4, -0.2) is 0 Å². The Morgan fingerprint density at radius 3 is 2.73 bits per heavy atom. The molecule has 0 aliphatic rings. The van der Waals surface area contributed by atoms with Crippen molar-refractivity contribution in [2.45, 2.75) is 13.5 Å². The van der Waals surface area contributed by atoms with Crippen LogP contribution in [0.5, 0.6) is 0 Å². The summed E-state index contributed by atoms with van der Waals surface area (Å²) < 4.78 is 6.66. The number of hydrogen-bond acceptors (Lipinski definition) is 2. The molecule has 0 saturated carbocycles. The lowest BCUT2D eigenvalue weighted by atomic mass is 10.1. The minimum absolute atomic E-state index is 0.438.